The summed E-state index contributed by atoms with van der Waals surface area (Å²) in [6.07, 6.45) is 7.99. The summed E-state index contributed by atoms with van der Waals surface area (Å²) in [6, 6.07) is 3.76. The highest BCUT2D eigenvalue weighted by molar-refractivity contribution is 7.88. The van der Waals surface area contributed by atoms with E-state index in [-0.39, 0.29) is 5.91 Å². The molecule has 1 unspecified atom stereocenters. The molecule has 0 bridgehead atoms. The Morgan fingerprint density at radius 1 is 1.12 bits per heavy atom. The van der Waals surface area contributed by atoms with Crippen LogP contribution in [0, 0.1) is 11.8 Å². The van der Waals surface area contributed by atoms with E-state index in [0.29, 0.717) is 31.3 Å². The molecule has 2 aliphatic rings. The first-order chi connectivity index (χ1) is 11.4. The summed E-state index contributed by atoms with van der Waals surface area (Å²) in [5.41, 5.74) is 1.000. The van der Waals surface area contributed by atoms with Gasteiger partial charge in [-0.2, -0.15) is 0 Å². The van der Waals surface area contributed by atoms with E-state index in [4.69, 9.17) is 0 Å². The standard InChI is InChI=1S/C17H25N3O3S/c1-24(22,23)20-10-5-15(6-11-20)16-4-9-19(13-16)17(21)12-14-2-7-18-8-3-14/h2-3,7-8,15-16H,4-6,9-13H2,1H3. The van der Waals surface area contributed by atoms with Gasteiger partial charge >= 0.3 is 0 Å². The van der Waals surface area contributed by atoms with Crippen molar-refractivity contribution in [3.05, 3.63) is 30.1 Å². The molecule has 0 saturated carbocycles. The second-order valence-corrected chi connectivity index (χ2v) is 8.90. The zero-order valence-electron chi connectivity index (χ0n) is 14.1. The van der Waals surface area contributed by atoms with Crippen LogP contribution in [0.15, 0.2) is 24.5 Å². The van der Waals surface area contributed by atoms with Crippen LogP contribution in [-0.2, 0) is 21.2 Å². The maximum Gasteiger partial charge on any atom is 0.227 e. The molecule has 24 heavy (non-hydrogen) atoms. The fraction of sp³-hybridized carbons (Fsp3) is 0.647. The molecule has 1 aromatic rings. The van der Waals surface area contributed by atoms with Crippen LogP contribution in [0.1, 0.15) is 24.8 Å². The number of carbonyl (C=O) groups excluding carboxylic acids is 1. The van der Waals surface area contributed by atoms with Gasteiger partial charge in [-0.15, -0.1) is 0 Å². The van der Waals surface area contributed by atoms with Crippen molar-refractivity contribution in [1.29, 1.82) is 0 Å². The molecule has 1 aromatic heterocycles. The minimum atomic E-state index is -3.07. The predicted molar refractivity (Wildman–Crippen MR) is 91.8 cm³/mol. The van der Waals surface area contributed by atoms with Gasteiger partial charge in [-0.1, -0.05) is 0 Å². The molecule has 3 heterocycles. The van der Waals surface area contributed by atoms with E-state index in [9.17, 15) is 13.2 Å². The summed E-state index contributed by atoms with van der Waals surface area (Å²) in [7, 11) is -3.07. The number of amides is 1. The first-order valence-corrected chi connectivity index (χ1v) is 10.4. The molecule has 2 fully saturated rings. The lowest BCUT2D eigenvalue weighted by atomic mass is 9.84. The molecule has 0 spiro atoms. The zero-order chi connectivity index (χ0) is 17.2. The van der Waals surface area contributed by atoms with Gasteiger partial charge in [0.05, 0.1) is 12.7 Å². The SMILES string of the molecule is CS(=O)(=O)N1CCC(C2CCN(C(=O)Cc3ccncc3)C2)CC1. The summed E-state index contributed by atoms with van der Waals surface area (Å²) < 4.78 is 24.8. The van der Waals surface area contributed by atoms with Crippen LogP contribution < -0.4 is 0 Å². The Balaban J connectivity index is 1.50. The second-order valence-electron chi connectivity index (χ2n) is 6.92. The largest absolute Gasteiger partial charge is 0.342 e. The number of hydrogen-bond donors (Lipinski definition) is 0. The summed E-state index contributed by atoms with van der Waals surface area (Å²) >= 11 is 0. The van der Waals surface area contributed by atoms with Crippen molar-refractivity contribution in [2.45, 2.75) is 25.7 Å². The van der Waals surface area contributed by atoms with Crippen LogP contribution in [0.5, 0.6) is 0 Å². The highest BCUT2D eigenvalue weighted by Gasteiger charge is 2.35. The van der Waals surface area contributed by atoms with E-state index in [2.05, 4.69) is 4.98 Å². The number of piperidine rings is 1. The monoisotopic (exact) mass is 351 g/mol. The van der Waals surface area contributed by atoms with Crippen molar-refractivity contribution in [2.24, 2.45) is 11.8 Å². The van der Waals surface area contributed by atoms with Gasteiger partial charge in [-0.25, -0.2) is 12.7 Å². The van der Waals surface area contributed by atoms with Crippen molar-refractivity contribution < 1.29 is 13.2 Å². The van der Waals surface area contributed by atoms with E-state index in [1.165, 1.54) is 6.26 Å². The van der Waals surface area contributed by atoms with Crippen molar-refractivity contribution in [3.63, 3.8) is 0 Å². The lowest BCUT2D eigenvalue weighted by Crippen LogP contribution is -2.40. The molecular weight excluding hydrogens is 326 g/mol. The van der Waals surface area contributed by atoms with Gasteiger partial charge in [0, 0.05) is 38.6 Å². The van der Waals surface area contributed by atoms with E-state index >= 15 is 0 Å². The third-order valence-corrected chi connectivity index (χ3v) is 6.62. The van der Waals surface area contributed by atoms with Gasteiger partial charge in [-0.05, 0) is 48.8 Å². The Hall–Kier alpha value is -1.47. The third kappa shape index (κ3) is 4.13. The highest BCUT2D eigenvalue weighted by atomic mass is 32.2. The van der Waals surface area contributed by atoms with Crippen LogP contribution in [-0.4, -0.2) is 60.9 Å². The number of sulfonamides is 1. The van der Waals surface area contributed by atoms with E-state index in [1.807, 2.05) is 17.0 Å². The number of carbonyl (C=O) groups is 1. The number of nitrogens with zero attached hydrogens (tertiary/aromatic N) is 3. The van der Waals surface area contributed by atoms with E-state index in [1.54, 1.807) is 16.7 Å². The number of aromatic nitrogens is 1. The Morgan fingerprint density at radius 3 is 2.38 bits per heavy atom. The highest BCUT2D eigenvalue weighted by Crippen LogP contribution is 2.32. The molecule has 1 atom stereocenters. The molecule has 2 aliphatic heterocycles. The van der Waals surface area contributed by atoms with Gasteiger partial charge in [0.25, 0.3) is 0 Å². The molecule has 7 heteroatoms. The summed E-state index contributed by atoms with van der Waals surface area (Å²) in [4.78, 5) is 18.4. The minimum absolute atomic E-state index is 0.178. The van der Waals surface area contributed by atoms with E-state index in [0.717, 1.165) is 37.9 Å². The Kier molecular flexibility index (Phi) is 5.20. The summed E-state index contributed by atoms with van der Waals surface area (Å²) in [5, 5.41) is 0. The molecular formula is C17H25N3O3S. The second kappa shape index (κ2) is 7.19. The number of pyridine rings is 1. The van der Waals surface area contributed by atoms with Crippen molar-refractivity contribution in [2.75, 3.05) is 32.4 Å². The van der Waals surface area contributed by atoms with Crippen LogP contribution in [0.3, 0.4) is 0 Å². The number of likely N-dealkylation sites (tertiary alicyclic amines) is 1. The average molecular weight is 351 g/mol. The molecule has 2 saturated heterocycles. The molecule has 1 amide bonds. The maximum atomic E-state index is 12.4. The Morgan fingerprint density at radius 2 is 1.75 bits per heavy atom. The van der Waals surface area contributed by atoms with Gasteiger partial charge in [0.2, 0.25) is 15.9 Å². The predicted octanol–water partition coefficient (Wildman–Crippen LogP) is 1.14. The molecule has 6 nitrogen and oxygen atoms in total. The topological polar surface area (TPSA) is 70.6 Å². The average Bonchev–Trinajstić information content (AvgIpc) is 3.05. The number of hydrogen-bond acceptors (Lipinski definition) is 4. The van der Waals surface area contributed by atoms with Crippen LogP contribution in [0.4, 0.5) is 0 Å². The van der Waals surface area contributed by atoms with Gasteiger partial charge < -0.3 is 4.90 Å². The van der Waals surface area contributed by atoms with Crippen LogP contribution in [0.2, 0.25) is 0 Å². The quantitative estimate of drug-likeness (QED) is 0.816. The maximum absolute atomic E-state index is 12.4. The van der Waals surface area contributed by atoms with Gasteiger partial charge in [-0.3, -0.25) is 9.78 Å². The zero-order valence-corrected chi connectivity index (χ0v) is 14.9. The van der Waals surface area contributed by atoms with E-state index < -0.39 is 10.0 Å². The van der Waals surface area contributed by atoms with Crippen molar-refractivity contribution in [3.8, 4) is 0 Å². The van der Waals surface area contributed by atoms with Crippen LogP contribution in [0.25, 0.3) is 0 Å². The fourth-order valence-corrected chi connectivity index (χ4v) is 4.74. The number of rotatable bonds is 4. The lowest BCUT2D eigenvalue weighted by Gasteiger charge is -2.33. The molecule has 132 valence electrons. The van der Waals surface area contributed by atoms with Gasteiger partial charge in [0.1, 0.15) is 0 Å². The van der Waals surface area contributed by atoms with Crippen molar-refractivity contribution in [1.82, 2.24) is 14.2 Å². The Labute approximate surface area is 143 Å². The summed E-state index contributed by atoms with van der Waals surface area (Å²) in [6.45, 7) is 2.87. The van der Waals surface area contributed by atoms with Gasteiger partial charge in [0.15, 0.2) is 0 Å². The molecule has 0 radical (unpaired) electrons. The normalized spacial score (nSPS) is 23.5. The fourth-order valence-electron chi connectivity index (χ4n) is 3.86. The molecule has 0 aliphatic carbocycles. The van der Waals surface area contributed by atoms with Crippen LogP contribution >= 0.6 is 0 Å². The third-order valence-electron chi connectivity index (χ3n) is 5.32. The lowest BCUT2D eigenvalue weighted by molar-refractivity contribution is -0.129. The first kappa shape index (κ1) is 17.4. The molecule has 0 N–H and O–H groups in total. The van der Waals surface area contributed by atoms with Crippen molar-refractivity contribution >= 4 is 15.9 Å². The first-order valence-electron chi connectivity index (χ1n) is 8.55. The minimum Gasteiger partial charge on any atom is -0.342 e. The molecule has 0 aromatic carbocycles. The smallest absolute Gasteiger partial charge is 0.227 e. The molecule has 3 rings (SSSR count). The summed E-state index contributed by atoms with van der Waals surface area (Å²) in [5.74, 6) is 1.21. The Bertz CT molecular complexity index is 670.